The van der Waals surface area contributed by atoms with Crippen LogP contribution in [0.2, 0.25) is 0 Å². The van der Waals surface area contributed by atoms with Crippen molar-refractivity contribution in [2.45, 2.75) is 26.2 Å². The van der Waals surface area contributed by atoms with Crippen molar-refractivity contribution in [2.24, 2.45) is 17.0 Å². The van der Waals surface area contributed by atoms with Crippen LogP contribution in [-0.4, -0.2) is 22.0 Å². The Kier molecular flexibility index (Phi) is 2.68. The van der Waals surface area contributed by atoms with Crippen LogP contribution in [0, 0.1) is 11.8 Å². The molecular formula is C8H13NO3. The summed E-state index contributed by atoms with van der Waals surface area (Å²) < 4.78 is 0. The number of carboxylic acids is 1. The summed E-state index contributed by atoms with van der Waals surface area (Å²) in [6.07, 6.45) is 1.89. The molecule has 0 aromatic heterocycles. The lowest BCUT2D eigenvalue weighted by atomic mass is 9.81. The monoisotopic (exact) mass is 171 g/mol. The maximum atomic E-state index is 10.6. The van der Waals surface area contributed by atoms with Gasteiger partial charge in [-0.05, 0) is 18.8 Å². The van der Waals surface area contributed by atoms with Gasteiger partial charge in [0.05, 0.1) is 11.6 Å². The first-order chi connectivity index (χ1) is 5.65. The topological polar surface area (TPSA) is 69.9 Å². The Morgan fingerprint density at radius 1 is 1.58 bits per heavy atom. The number of oxime groups is 1. The highest BCUT2D eigenvalue weighted by Gasteiger charge is 2.28. The van der Waals surface area contributed by atoms with Gasteiger partial charge in [0.15, 0.2) is 0 Å². The molecule has 2 atom stereocenters. The summed E-state index contributed by atoms with van der Waals surface area (Å²) >= 11 is 0. The second-order valence-corrected chi connectivity index (χ2v) is 3.31. The third-order valence-corrected chi connectivity index (χ3v) is 2.45. The summed E-state index contributed by atoms with van der Waals surface area (Å²) in [5.74, 6) is -0.916. The summed E-state index contributed by atoms with van der Waals surface area (Å²) in [5, 5.41) is 20.4. The SMILES string of the molecule is CC1CCC(C(=O)O)C/C1=N/O. The van der Waals surface area contributed by atoms with E-state index in [1.54, 1.807) is 0 Å². The van der Waals surface area contributed by atoms with Crippen molar-refractivity contribution < 1.29 is 15.1 Å². The second-order valence-electron chi connectivity index (χ2n) is 3.31. The smallest absolute Gasteiger partial charge is 0.306 e. The molecule has 2 N–H and O–H groups in total. The zero-order valence-electron chi connectivity index (χ0n) is 7.03. The quantitative estimate of drug-likeness (QED) is 0.462. The van der Waals surface area contributed by atoms with Crippen LogP contribution in [0.25, 0.3) is 0 Å². The van der Waals surface area contributed by atoms with E-state index in [-0.39, 0.29) is 11.8 Å². The van der Waals surface area contributed by atoms with Crippen LogP contribution in [0.1, 0.15) is 26.2 Å². The normalized spacial score (nSPS) is 33.6. The molecule has 0 radical (unpaired) electrons. The summed E-state index contributed by atoms with van der Waals surface area (Å²) in [4.78, 5) is 10.6. The number of hydrogen-bond acceptors (Lipinski definition) is 3. The molecule has 0 saturated heterocycles. The van der Waals surface area contributed by atoms with Crippen LogP contribution in [0.5, 0.6) is 0 Å². The standard InChI is InChI=1S/C8H13NO3/c1-5-2-3-6(8(10)11)4-7(5)9-12/h5-6,12H,2-4H2,1H3,(H,10,11)/b9-7-. The van der Waals surface area contributed by atoms with Crippen molar-refractivity contribution in [3.63, 3.8) is 0 Å². The molecule has 0 aromatic carbocycles. The molecule has 0 amide bonds. The average molecular weight is 171 g/mol. The summed E-state index contributed by atoms with van der Waals surface area (Å²) in [6, 6.07) is 0. The second kappa shape index (κ2) is 3.56. The van der Waals surface area contributed by atoms with Crippen molar-refractivity contribution in [2.75, 3.05) is 0 Å². The predicted molar refractivity (Wildman–Crippen MR) is 43.4 cm³/mol. The maximum absolute atomic E-state index is 10.6. The summed E-state index contributed by atoms with van der Waals surface area (Å²) in [5.41, 5.74) is 0.619. The molecule has 0 aliphatic heterocycles. The first-order valence-electron chi connectivity index (χ1n) is 4.08. The Morgan fingerprint density at radius 2 is 2.25 bits per heavy atom. The number of aliphatic carboxylic acids is 1. The average Bonchev–Trinajstić information content (AvgIpc) is 2.05. The van der Waals surface area contributed by atoms with Crippen LogP contribution in [0.3, 0.4) is 0 Å². The van der Waals surface area contributed by atoms with Crippen LogP contribution in [0.4, 0.5) is 0 Å². The summed E-state index contributed by atoms with van der Waals surface area (Å²) in [7, 11) is 0. The van der Waals surface area contributed by atoms with Crippen molar-refractivity contribution in [3.8, 4) is 0 Å². The van der Waals surface area contributed by atoms with Gasteiger partial charge in [-0.1, -0.05) is 12.1 Å². The lowest BCUT2D eigenvalue weighted by molar-refractivity contribution is -0.142. The molecule has 0 bridgehead atoms. The van der Waals surface area contributed by atoms with Crippen molar-refractivity contribution >= 4 is 11.7 Å². The third-order valence-electron chi connectivity index (χ3n) is 2.45. The van der Waals surface area contributed by atoms with Crippen molar-refractivity contribution in [1.82, 2.24) is 0 Å². The predicted octanol–water partition coefficient (Wildman–Crippen LogP) is 1.34. The Bertz CT molecular complexity index is 212. The molecule has 12 heavy (non-hydrogen) atoms. The van der Waals surface area contributed by atoms with E-state index in [0.29, 0.717) is 18.6 Å². The molecule has 0 spiro atoms. The lowest BCUT2D eigenvalue weighted by Crippen LogP contribution is -2.27. The first-order valence-corrected chi connectivity index (χ1v) is 4.08. The minimum absolute atomic E-state index is 0.227. The van der Waals surface area contributed by atoms with Crippen LogP contribution < -0.4 is 0 Å². The lowest BCUT2D eigenvalue weighted by Gasteiger charge is -2.23. The van der Waals surface area contributed by atoms with Gasteiger partial charge in [0.2, 0.25) is 0 Å². The van der Waals surface area contributed by atoms with Crippen LogP contribution >= 0.6 is 0 Å². The molecule has 0 aromatic rings. The minimum Gasteiger partial charge on any atom is -0.481 e. The van der Waals surface area contributed by atoms with E-state index in [9.17, 15) is 4.79 Å². The molecule has 1 saturated carbocycles. The third kappa shape index (κ3) is 1.75. The number of carboxylic acid groups (broad SMARTS) is 1. The molecular weight excluding hydrogens is 158 g/mol. The van der Waals surface area contributed by atoms with Crippen LogP contribution in [0.15, 0.2) is 5.16 Å². The van der Waals surface area contributed by atoms with Gasteiger partial charge < -0.3 is 10.3 Å². The highest BCUT2D eigenvalue weighted by molar-refractivity contribution is 5.90. The van der Waals surface area contributed by atoms with Gasteiger partial charge in [0.25, 0.3) is 0 Å². The van der Waals surface area contributed by atoms with Gasteiger partial charge in [0, 0.05) is 6.42 Å². The van der Waals surface area contributed by atoms with Gasteiger partial charge in [-0.2, -0.15) is 0 Å². The van der Waals surface area contributed by atoms with E-state index in [1.165, 1.54) is 0 Å². The Balaban J connectivity index is 2.62. The summed E-state index contributed by atoms with van der Waals surface area (Å²) in [6.45, 7) is 1.95. The van der Waals surface area contributed by atoms with E-state index < -0.39 is 5.97 Å². The largest absolute Gasteiger partial charge is 0.481 e. The molecule has 1 rings (SSSR count). The number of nitrogens with zero attached hydrogens (tertiary/aromatic N) is 1. The van der Waals surface area contributed by atoms with E-state index in [2.05, 4.69) is 5.16 Å². The number of carbonyl (C=O) groups is 1. The zero-order valence-corrected chi connectivity index (χ0v) is 7.03. The molecule has 1 aliphatic rings. The van der Waals surface area contributed by atoms with E-state index in [1.807, 2.05) is 6.92 Å². The fourth-order valence-corrected chi connectivity index (χ4v) is 1.52. The molecule has 4 nitrogen and oxygen atoms in total. The van der Waals surface area contributed by atoms with Gasteiger partial charge >= 0.3 is 5.97 Å². The highest BCUT2D eigenvalue weighted by Crippen LogP contribution is 2.26. The molecule has 2 unspecified atom stereocenters. The van der Waals surface area contributed by atoms with Gasteiger partial charge in [0.1, 0.15) is 0 Å². The fourth-order valence-electron chi connectivity index (χ4n) is 1.52. The van der Waals surface area contributed by atoms with Gasteiger partial charge in [-0.25, -0.2) is 0 Å². The van der Waals surface area contributed by atoms with Crippen LogP contribution in [-0.2, 0) is 4.79 Å². The Hall–Kier alpha value is -1.06. The Morgan fingerprint density at radius 3 is 2.75 bits per heavy atom. The van der Waals surface area contributed by atoms with Crippen molar-refractivity contribution in [3.05, 3.63) is 0 Å². The number of rotatable bonds is 1. The van der Waals surface area contributed by atoms with E-state index in [0.717, 1.165) is 6.42 Å². The van der Waals surface area contributed by atoms with Gasteiger partial charge in [-0.3, -0.25) is 4.79 Å². The molecule has 68 valence electrons. The van der Waals surface area contributed by atoms with E-state index in [4.69, 9.17) is 10.3 Å². The maximum Gasteiger partial charge on any atom is 0.306 e. The molecule has 4 heteroatoms. The Labute approximate surface area is 70.9 Å². The fraction of sp³-hybridized carbons (Fsp3) is 0.750. The zero-order chi connectivity index (χ0) is 9.14. The van der Waals surface area contributed by atoms with Crippen molar-refractivity contribution in [1.29, 1.82) is 0 Å². The molecule has 1 fully saturated rings. The van der Waals surface area contributed by atoms with Gasteiger partial charge in [-0.15, -0.1) is 0 Å². The number of hydrogen-bond donors (Lipinski definition) is 2. The van der Waals surface area contributed by atoms with E-state index >= 15 is 0 Å². The first kappa shape index (κ1) is 9.03. The minimum atomic E-state index is -0.789. The highest BCUT2D eigenvalue weighted by atomic mass is 16.4. The molecule has 1 aliphatic carbocycles. The molecule has 0 heterocycles.